The van der Waals surface area contributed by atoms with Crippen molar-refractivity contribution in [1.82, 2.24) is 25.0 Å². The second-order valence-electron chi connectivity index (χ2n) is 5.81. The van der Waals surface area contributed by atoms with Gasteiger partial charge in [0, 0.05) is 16.5 Å². The lowest BCUT2D eigenvalue weighted by atomic mass is 9.99. The van der Waals surface area contributed by atoms with Crippen LogP contribution in [0.1, 0.15) is 18.2 Å². The number of halogens is 3. The highest BCUT2D eigenvalue weighted by atomic mass is 32.2. The number of benzene rings is 1. The van der Waals surface area contributed by atoms with Crippen LogP contribution in [0.25, 0.3) is 16.6 Å². The summed E-state index contributed by atoms with van der Waals surface area (Å²) in [5.74, 6) is 0. The molecule has 4 rings (SSSR count). The third-order valence-corrected chi connectivity index (χ3v) is 6.42. The summed E-state index contributed by atoms with van der Waals surface area (Å²) in [5, 5.41) is 22.4. The minimum absolute atomic E-state index is 0.212. The van der Waals surface area contributed by atoms with Crippen molar-refractivity contribution in [1.29, 1.82) is 0 Å². The van der Waals surface area contributed by atoms with Gasteiger partial charge in [0.25, 0.3) is 0 Å². The van der Waals surface area contributed by atoms with E-state index in [2.05, 4.69) is 20.5 Å². The van der Waals surface area contributed by atoms with Crippen molar-refractivity contribution in [3.63, 3.8) is 0 Å². The molecule has 1 unspecified atom stereocenters. The van der Waals surface area contributed by atoms with E-state index in [4.69, 9.17) is 0 Å². The molecule has 11 heteroatoms. The first-order chi connectivity index (χ1) is 12.8. The van der Waals surface area contributed by atoms with E-state index >= 15 is 0 Å². The van der Waals surface area contributed by atoms with Crippen LogP contribution in [-0.4, -0.2) is 36.3 Å². The van der Waals surface area contributed by atoms with E-state index in [1.807, 2.05) is 24.3 Å². The number of aliphatic hydroxyl groups is 1. The number of rotatable bonds is 4. The maximum atomic E-state index is 13.2. The van der Waals surface area contributed by atoms with Gasteiger partial charge in [-0.05, 0) is 47.2 Å². The van der Waals surface area contributed by atoms with Crippen molar-refractivity contribution in [3.05, 3.63) is 41.4 Å². The van der Waals surface area contributed by atoms with Gasteiger partial charge >= 0.3 is 6.18 Å². The minimum atomic E-state index is -4.75. The molecule has 140 valence electrons. The fraction of sp³-hybridized carbons (Fsp3) is 0.250. The first-order valence-corrected chi connectivity index (χ1v) is 9.49. The first kappa shape index (κ1) is 18.1. The predicted molar refractivity (Wildman–Crippen MR) is 94.8 cm³/mol. The maximum Gasteiger partial charge on any atom is 0.422 e. The van der Waals surface area contributed by atoms with Crippen LogP contribution >= 0.6 is 23.1 Å². The Balaban J connectivity index is 1.65. The fourth-order valence-electron chi connectivity index (χ4n) is 2.67. The Hall–Kier alpha value is -2.24. The summed E-state index contributed by atoms with van der Waals surface area (Å²) < 4.78 is 41.6. The Kier molecular flexibility index (Phi) is 4.32. The summed E-state index contributed by atoms with van der Waals surface area (Å²) in [6.07, 6.45) is -4.13. The average molecular weight is 411 g/mol. The number of thiazole rings is 1. The molecule has 0 saturated heterocycles. The molecule has 6 nitrogen and oxygen atoms in total. The zero-order chi connectivity index (χ0) is 19.2. The Bertz CT molecular complexity index is 1130. The van der Waals surface area contributed by atoms with Crippen LogP contribution in [0.2, 0.25) is 0 Å². The molecule has 0 aliphatic carbocycles. The van der Waals surface area contributed by atoms with E-state index in [1.165, 1.54) is 18.7 Å². The van der Waals surface area contributed by atoms with Crippen LogP contribution in [0, 0.1) is 0 Å². The Morgan fingerprint density at radius 2 is 2.04 bits per heavy atom. The molecule has 3 aromatic heterocycles. The number of tetrazole rings is 1. The lowest BCUT2D eigenvalue weighted by molar-refractivity contribution is -0.266. The Labute approximate surface area is 159 Å². The summed E-state index contributed by atoms with van der Waals surface area (Å²) in [7, 11) is 0. The van der Waals surface area contributed by atoms with E-state index in [0.717, 1.165) is 33.3 Å². The molecule has 1 N–H and O–H groups in total. The second-order valence-corrected chi connectivity index (χ2v) is 8.16. The Morgan fingerprint density at radius 3 is 2.78 bits per heavy atom. The third kappa shape index (κ3) is 3.05. The smallest absolute Gasteiger partial charge is 0.376 e. The van der Waals surface area contributed by atoms with E-state index in [0.29, 0.717) is 9.99 Å². The van der Waals surface area contributed by atoms with Crippen molar-refractivity contribution in [2.75, 3.05) is 0 Å². The van der Waals surface area contributed by atoms with E-state index in [9.17, 15) is 18.3 Å². The molecule has 0 aliphatic heterocycles. The summed E-state index contributed by atoms with van der Waals surface area (Å²) >= 11 is 2.08. The van der Waals surface area contributed by atoms with Gasteiger partial charge in [-0.15, -0.1) is 16.4 Å². The maximum absolute atomic E-state index is 13.2. The van der Waals surface area contributed by atoms with E-state index in [1.54, 1.807) is 10.6 Å². The highest BCUT2D eigenvalue weighted by molar-refractivity contribution is 8.01. The van der Waals surface area contributed by atoms with Gasteiger partial charge in [-0.2, -0.15) is 17.7 Å². The summed E-state index contributed by atoms with van der Waals surface area (Å²) in [4.78, 5) is 4.64. The van der Waals surface area contributed by atoms with E-state index in [-0.39, 0.29) is 4.88 Å². The van der Waals surface area contributed by atoms with Crippen molar-refractivity contribution < 1.29 is 18.3 Å². The predicted octanol–water partition coefficient (Wildman–Crippen LogP) is 4.05. The van der Waals surface area contributed by atoms with Crippen LogP contribution in [0.5, 0.6) is 0 Å². The van der Waals surface area contributed by atoms with Crippen LogP contribution < -0.4 is 0 Å². The summed E-state index contributed by atoms with van der Waals surface area (Å²) in [6.45, 7) is 1.29. The molecule has 0 saturated carbocycles. The highest BCUT2D eigenvalue weighted by Crippen LogP contribution is 2.45. The molecule has 1 atom stereocenters. The lowest BCUT2D eigenvalue weighted by Gasteiger charge is -2.27. The van der Waals surface area contributed by atoms with Gasteiger partial charge in [0.2, 0.25) is 0 Å². The lowest BCUT2D eigenvalue weighted by Crippen LogP contribution is -2.40. The minimum Gasteiger partial charge on any atom is -0.376 e. The molecule has 27 heavy (non-hydrogen) atoms. The zero-order valence-electron chi connectivity index (χ0n) is 13.8. The fourth-order valence-corrected chi connectivity index (χ4v) is 4.85. The number of hydrogen-bond acceptors (Lipinski definition) is 7. The average Bonchev–Trinajstić information content (AvgIpc) is 3.29. The van der Waals surface area contributed by atoms with Gasteiger partial charge in [0.1, 0.15) is 0 Å². The number of alkyl halides is 3. The normalized spacial score (nSPS) is 14.7. The topological polar surface area (TPSA) is 76.2 Å². The number of hydrogen-bond donors (Lipinski definition) is 1. The summed E-state index contributed by atoms with van der Waals surface area (Å²) in [6, 6.07) is 9.21. The zero-order valence-corrected chi connectivity index (χ0v) is 15.4. The second kappa shape index (κ2) is 6.43. The Morgan fingerprint density at radius 1 is 1.22 bits per heavy atom. The molecule has 0 fully saturated rings. The summed E-state index contributed by atoms with van der Waals surface area (Å²) in [5.41, 5.74) is -1.43. The van der Waals surface area contributed by atoms with Crippen LogP contribution in [-0.2, 0) is 5.60 Å². The molecule has 1 aromatic carbocycles. The van der Waals surface area contributed by atoms with Crippen molar-refractivity contribution in [2.24, 2.45) is 0 Å². The number of nitrogens with zero attached hydrogens (tertiary/aromatic N) is 5. The van der Waals surface area contributed by atoms with Crippen molar-refractivity contribution in [2.45, 2.75) is 34.4 Å². The van der Waals surface area contributed by atoms with Gasteiger partial charge in [0.05, 0.1) is 10.4 Å². The number of pyridine rings is 1. The highest BCUT2D eigenvalue weighted by Gasteiger charge is 2.54. The number of aromatic nitrogens is 5. The van der Waals surface area contributed by atoms with Gasteiger partial charge in [-0.3, -0.25) is 0 Å². The molecule has 0 spiro atoms. The van der Waals surface area contributed by atoms with Gasteiger partial charge < -0.3 is 5.11 Å². The molecule has 0 radical (unpaired) electrons. The van der Waals surface area contributed by atoms with Crippen LogP contribution in [0.15, 0.2) is 45.8 Å². The van der Waals surface area contributed by atoms with Gasteiger partial charge in [0.15, 0.2) is 15.6 Å². The standard InChI is InChI=1S/C16H12F3N5OS2/c1-2-15(25,16(17,18)19)12-8-20-14(27-12)26-10-4-5-11-9(7-10)3-6-13-21-22-23-24(11)13/h3-8,25H,2H2,1H3. The monoisotopic (exact) mass is 411 g/mol. The first-order valence-electron chi connectivity index (χ1n) is 7.86. The van der Waals surface area contributed by atoms with Crippen LogP contribution in [0.4, 0.5) is 13.2 Å². The number of fused-ring (bicyclic) bond motifs is 3. The quantitative estimate of drug-likeness (QED) is 0.546. The molecular formula is C16H12F3N5OS2. The van der Waals surface area contributed by atoms with Gasteiger partial charge in [-0.25, -0.2) is 4.98 Å². The van der Waals surface area contributed by atoms with Crippen LogP contribution in [0.3, 0.4) is 0 Å². The largest absolute Gasteiger partial charge is 0.422 e. The van der Waals surface area contributed by atoms with E-state index < -0.39 is 18.2 Å². The molecule has 3 heterocycles. The molecular weight excluding hydrogens is 399 g/mol. The van der Waals surface area contributed by atoms with Crippen molar-refractivity contribution in [3.8, 4) is 0 Å². The van der Waals surface area contributed by atoms with Crippen molar-refractivity contribution >= 4 is 39.6 Å². The van der Waals surface area contributed by atoms with Gasteiger partial charge in [-0.1, -0.05) is 18.7 Å². The molecule has 4 aromatic rings. The molecule has 0 aliphatic rings. The SMILES string of the molecule is CCC(O)(c1cnc(Sc2ccc3c(ccc4nnnn43)c2)s1)C(F)(F)F. The molecule has 0 bridgehead atoms. The molecule has 0 amide bonds. The third-order valence-electron chi connectivity index (χ3n) is 4.21.